The van der Waals surface area contributed by atoms with Gasteiger partial charge in [0.1, 0.15) is 5.75 Å². The summed E-state index contributed by atoms with van der Waals surface area (Å²) in [6.45, 7) is 2.98. The summed E-state index contributed by atoms with van der Waals surface area (Å²) in [5.74, 6) is 0.962. The molecule has 0 spiro atoms. The van der Waals surface area contributed by atoms with Crippen molar-refractivity contribution in [3.63, 3.8) is 0 Å². The van der Waals surface area contributed by atoms with E-state index in [0.717, 1.165) is 35.5 Å². The molecule has 0 saturated carbocycles. The number of thiazole rings is 1. The van der Waals surface area contributed by atoms with Crippen LogP contribution in [0.15, 0.2) is 42.5 Å². The predicted molar refractivity (Wildman–Crippen MR) is 115 cm³/mol. The van der Waals surface area contributed by atoms with Crippen molar-refractivity contribution in [1.29, 1.82) is 0 Å². The largest absolute Gasteiger partial charge is 0.496 e. The van der Waals surface area contributed by atoms with Crippen molar-refractivity contribution < 1.29 is 14.3 Å². The number of benzene rings is 2. The summed E-state index contributed by atoms with van der Waals surface area (Å²) in [5.41, 5.74) is 2.38. The summed E-state index contributed by atoms with van der Waals surface area (Å²) in [5, 5.41) is 1.11. The molecule has 2 heterocycles. The molecule has 150 valence electrons. The van der Waals surface area contributed by atoms with E-state index in [1.54, 1.807) is 36.6 Å². The molecular weight excluding hydrogens is 384 g/mol. The average Bonchev–Trinajstić information content (AvgIpc) is 3.18. The van der Waals surface area contributed by atoms with E-state index in [1.807, 2.05) is 23.1 Å². The van der Waals surface area contributed by atoms with Crippen LogP contribution in [0.25, 0.3) is 10.2 Å². The van der Waals surface area contributed by atoms with Crippen LogP contribution in [0.5, 0.6) is 5.75 Å². The van der Waals surface area contributed by atoms with Gasteiger partial charge < -0.3 is 9.64 Å². The minimum atomic E-state index is -0.0183. The van der Waals surface area contributed by atoms with Crippen LogP contribution in [-0.2, 0) is 11.2 Å². The molecular formula is C23H24N2O3S. The lowest BCUT2D eigenvalue weighted by Gasteiger charge is -2.32. The molecule has 5 nitrogen and oxygen atoms in total. The standard InChI is InChI=1S/C23H24N2O3S/c1-15(26)16-9-10-20(28-2)18(12-16)13-22(27)25-11-5-6-17(14-25)23-24-19-7-3-4-8-21(19)29-23/h3-4,7-10,12,17H,5-6,11,13-14H2,1-2H3/t17-/m0/s1. The number of hydrogen-bond donors (Lipinski definition) is 0. The topological polar surface area (TPSA) is 59.5 Å². The third-order valence-electron chi connectivity index (χ3n) is 5.46. The van der Waals surface area contributed by atoms with Gasteiger partial charge in [0, 0.05) is 30.1 Å². The van der Waals surface area contributed by atoms with Gasteiger partial charge in [-0.25, -0.2) is 4.98 Å². The quantitative estimate of drug-likeness (QED) is 0.585. The van der Waals surface area contributed by atoms with Crippen molar-refractivity contribution in [2.75, 3.05) is 20.2 Å². The highest BCUT2D eigenvalue weighted by molar-refractivity contribution is 7.18. The maximum absolute atomic E-state index is 13.0. The van der Waals surface area contributed by atoms with E-state index in [0.29, 0.717) is 17.9 Å². The first-order valence-electron chi connectivity index (χ1n) is 9.86. The minimum Gasteiger partial charge on any atom is -0.496 e. The fourth-order valence-electron chi connectivity index (χ4n) is 3.88. The molecule has 1 fully saturated rings. The van der Waals surface area contributed by atoms with E-state index in [9.17, 15) is 9.59 Å². The summed E-state index contributed by atoms with van der Waals surface area (Å²) >= 11 is 1.73. The molecule has 1 saturated heterocycles. The summed E-state index contributed by atoms with van der Waals surface area (Å²) in [6.07, 6.45) is 2.25. The Kier molecular flexibility index (Phi) is 5.62. The molecule has 0 radical (unpaired) electrons. The Labute approximate surface area is 174 Å². The highest BCUT2D eigenvalue weighted by Crippen LogP contribution is 2.33. The van der Waals surface area contributed by atoms with Crippen LogP contribution >= 0.6 is 11.3 Å². The number of nitrogens with zero attached hydrogens (tertiary/aromatic N) is 2. The molecule has 1 aromatic heterocycles. The second kappa shape index (κ2) is 8.33. The van der Waals surface area contributed by atoms with Gasteiger partial charge in [-0.15, -0.1) is 11.3 Å². The number of carbonyl (C=O) groups excluding carboxylic acids is 2. The fourth-order valence-corrected chi connectivity index (χ4v) is 4.97. The number of piperidine rings is 1. The van der Waals surface area contributed by atoms with Crippen molar-refractivity contribution in [2.45, 2.75) is 32.1 Å². The lowest BCUT2D eigenvalue weighted by Crippen LogP contribution is -2.40. The normalized spacial score (nSPS) is 16.8. The van der Waals surface area contributed by atoms with Gasteiger partial charge in [-0.3, -0.25) is 9.59 Å². The third kappa shape index (κ3) is 4.17. The SMILES string of the molecule is COc1ccc(C(C)=O)cc1CC(=O)N1CCC[C@H](c2nc3ccccc3s2)C1. The van der Waals surface area contributed by atoms with Gasteiger partial charge in [0.05, 0.1) is 28.8 Å². The van der Waals surface area contributed by atoms with E-state index < -0.39 is 0 Å². The molecule has 3 aromatic rings. The number of Topliss-reactive ketones (excluding diaryl/α,β-unsaturated/α-hetero) is 1. The number of fused-ring (bicyclic) bond motifs is 1. The van der Waals surface area contributed by atoms with Crippen LogP contribution in [0.2, 0.25) is 0 Å². The number of para-hydroxylation sites is 1. The number of carbonyl (C=O) groups is 2. The van der Waals surface area contributed by atoms with Crippen LogP contribution in [0, 0.1) is 0 Å². The van der Waals surface area contributed by atoms with E-state index >= 15 is 0 Å². The number of aromatic nitrogens is 1. The second-order valence-electron chi connectivity index (χ2n) is 7.46. The van der Waals surface area contributed by atoms with Crippen molar-refractivity contribution in [3.05, 3.63) is 58.6 Å². The molecule has 0 N–H and O–H groups in total. The molecule has 6 heteroatoms. The maximum Gasteiger partial charge on any atom is 0.227 e. The van der Waals surface area contributed by atoms with Gasteiger partial charge in [-0.2, -0.15) is 0 Å². The average molecular weight is 409 g/mol. The van der Waals surface area contributed by atoms with Crippen molar-refractivity contribution >= 4 is 33.2 Å². The Morgan fingerprint density at radius 2 is 2.07 bits per heavy atom. The minimum absolute atomic E-state index is 0.0183. The van der Waals surface area contributed by atoms with Gasteiger partial charge in [0.25, 0.3) is 0 Å². The monoisotopic (exact) mass is 408 g/mol. The third-order valence-corrected chi connectivity index (χ3v) is 6.66. The lowest BCUT2D eigenvalue weighted by molar-refractivity contribution is -0.131. The number of amides is 1. The predicted octanol–water partition coefficient (Wildman–Crippen LogP) is 4.46. The molecule has 0 aliphatic carbocycles. The number of likely N-dealkylation sites (tertiary alicyclic amines) is 1. The van der Waals surface area contributed by atoms with Crippen LogP contribution in [0.3, 0.4) is 0 Å². The van der Waals surface area contributed by atoms with Crippen molar-refractivity contribution in [3.8, 4) is 5.75 Å². The fraction of sp³-hybridized carbons (Fsp3) is 0.348. The Balaban J connectivity index is 1.50. The van der Waals surface area contributed by atoms with Crippen molar-refractivity contribution in [2.24, 2.45) is 0 Å². The van der Waals surface area contributed by atoms with Crippen LogP contribution in [0.4, 0.5) is 0 Å². The van der Waals surface area contributed by atoms with Crippen LogP contribution in [-0.4, -0.2) is 41.8 Å². The molecule has 1 aliphatic rings. The van der Waals surface area contributed by atoms with Gasteiger partial charge in [-0.1, -0.05) is 12.1 Å². The Morgan fingerprint density at radius 3 is 2.83 bits per heavy atom. The number of hydrogen-bond acceptors (Lipinski definition) is 5. The number of ether oxygens (including phenoxy) is 1. The van der Waals surface area contributed by atoms with Gasteiger partial charge in [0.2, 0.25) is 5.91 Å². The zero-order valence-electron chi connectivity index (χ0n) is 16.7. The Bertz CT molecular complexity index is 1030. The summed E-state index contributed by atoms with van der Waals surface area (Å²) < 4.78 is 6.59. The van der Waals surface area contributed by atoms with E-state index in [2.05, 4.69) is 6.07 Å². The molecule has 29 heavy (non-hydrogen) atoms. The second-order valence-corrected chi connectivity index (χ2v) is 8.52. The van der Waals surface area contributed by atoms with E-state index in [1.165, 1.54) is 11.6 Å². The molecule has 4 rings (SSSR count). The first-order valence-corrected chi connectivity index (χ1v) is 10.7. The molecule has 0 bridgehead atoms. The molecule has 0 unspecified atom stereocenters. The van der Waals surface area contributed by atoms with Gasteiger partial charge in [-0.05, 0) is 50.1 Å². The first kappa shape index (κ1) is 19.6. The Morgan fingerprint density at radius 1 is 1.24 bits per heavy atom. The smallest absolute Gasteiger partial charge is 0.227 e. The summed E-state index contributed by atoms with van der Waals surface area (Å²) in [7, 11) is 1.58. The van der Waals surface area contributed by atoms with Gasteiger partial charge >= 0.3 is 0 Å². The van der Waals surface area contributed by atoms with Crippen LogP contribution < -0.4 is 4.74 Å². The highest BCUT2D eigenvalue weighted by Gasteiger charge is 2.27. The highest BCUT2D eigenvalue weighted by atomic mass is 32.1. The molecule has 1 amide bonds. The lowest BCUT2D eigenvalue weighted by atomic mass is 9.97. The number of methoxy groups -OCH3 is 1. The Hall–Kier alpha value is -2.73. The number of rotatable bonds is 5. The van der Waals surface area contributed by atoms with Crippen LogP contribution in [0.1, 0.15) is 46.6 Å². The zero-order valence-corrected chi connectivity index (χ0v) is 17.5. The van der Waals surface area contributed by atoms with E-state index in [-0.39, 0.29) is 24.0 Å². The molecule has 1 aliphatic heterocycles. The summed E-state index contributed by atoms with van der Waals surface area (Å²) in [6, 6.07) is 13.4. The first-order chi connectivity index (χ1) is 14.0. The van der Waals surface area contributed by atoms with Gasteiger partial charge in [0.15, 0.2) is 5.78 Å². The van der Waals surface area contributed by atoms with Crippen molar-refractivity contribution in [1.82, 2.24) is 9.88 Å². The zero-order chi connectivity index (χ0) is 20.4. The molecule has 1 atom stereocenters. The summed E-state index contributed by atoms with van der Waals surface area (Å²) in [4.78, 5) is 31.5. The number of ketones is 1. The van der Waals surface area contributed by atoms with E-state index in [4.69, 9.17) is 9.72 Å². The maximum atomic E-state index is 13.0. The molecule has 2 aromatic carbocycles.